The molecule has 0 N–H and O–H groups in total. The molecule has 1 saturated heterocycles. The Kier molecular flexibility index (Phi) is 4.27. The van der Waals surface area contributed by atoms with E-state index in [4.69, 9.17) is 4.42 Å². The van der Waals surface area contributed by atoms with Crippen LogP contribution in [-0.2, 0) is 11.3 Å². The number of piperidine rings is 1. The van der Waals surface area contributed by atoms with Crippen molar-refractivity contribution in [1.29, 1.82) is 0 Å². The average molecular weight is 319 g/mol. The number of halogens is 1. The van der Waals surface area contributed by atoms with Gasteiger partial charge in [0.05, 0.1) is 0 Å². The largest absolute Gasteiger partial charge is 0.437 e. The molecule has 3 rings (SSSR count). The number of carbonyl (C=O) groups is 1. The fourth-order valence-corrected chi connectivity index (χ4v) is 2.76. The van der Waals surface area contributed by atoms with Crippen LogP contribution in [0.2, 0.25) is 0 Å². The first-order chi connectivity index (χ1) is 11.0. The third-order valence-electron chi connectivity index (χ3n) is 3.99. The summed E-state index contributed by atoms with van der Waals surface area (Å²) in [6.07, 6.45) is 2.09. The molecule has 0 radical (unpaired) electrons. The average Bonchev–Trinajstić information content (AvgIpc) is 2.89. The molecule has 2 aromatic rings. The maximum Gasteiger partial charge on any atom is 0.437 e. The van der Waals surface area contributed by atoms with Crippen molar-refractivity contribution in [1.82, 2.24) is 14.7 Å². The Hall–Kier alpha value is -2.44. The van der Waals surface area contributed by atoms with Crippen molar-refractivity contribution in [3.05, 3.63) is 40.6 Å². The Balaban J connectivity index is 1.75. The Morgan fingerprint density at radius 2 is 2.13 bits per heavy atom. The van der Waals surface area contributed by atoms with Crippen LogP contribution in [-0.4, -0.2) is 33.7 Å². The van der Waals surface area contributed by atoms with Crippen LogP contribution < -0.4 is 5.76 Å². The van der Waals surface area contributed by atoms with Gasteiger partial charge in [-0.05, 0) is 43.0 Å². The standard InChI is InChI=1S/C16H18FN3O3/c1-11-3-2-8-19(9-11)14(21)10-20-16(22)23-15(18-20)12-4-6-13(17)7-5-12/h4-7,11H,2-3,8-10H2,1H3/t11-/m0/s1. The van der Waals surface area contributed by atoms with Crippen LogP contribution in [0.25, 0.3) is 11.5 Å². The van der Waals surface area contributed by atoms with Gasteiger partial charge >= 0.3 is 5.76 Å². The van der Waals surface area contributed by atoms with Crippen LogP contribution >= 0.6 is 0 Å². The lowest BCUT2D eigenvalue weighted by Crippen LogP contribution is -2.42. The molecule has 1 aromatic heterocycles. The maximum atomic E-state index is 12.9. The Morgan fingerprint density at radius 1 is 1.39 bits per heavy atom. The zero-order valence-corrected chi connectivity index (χ0v) is 12.9. The van der Waals surface area contributed by atoms with Gasteiger partial charge in [-0.3, -0.25) is 4.79 Å². The van der Waals surface area contributed by atoms with Gasteiger partial charge in [-0.2, -0.15) is 4.68 Å². The second kappa shape index (κ2) is 6.36. The van der Waals surface area contributed by atoms with Crippen molar-refractivity contribution < 1.29 is 13.6 Å². The van der Waals surface area contributed by atoms with Gasteiger partial charge < -0.3 is 9.32 Å². The van der Waals surface area contributed by atoms with Crippen molar-refractivity contribution >= 4 is 5.91 Å². The van der Waals surface area contributed by atoms with E-state index < -0.39 is 5.76 Å². The van der Waals surface area contributed by atoms with Crippen LogP contribution in [0.15, 0.2) is 33.5 Å². The van der Waals surface area contributed by atoms with Gasteiger partial charge in [-0.1, -0.05) is 6.92 Å². The number of rotatable bonds is 3. The third-order valence-corrected chi connectivity index (χ3v) is 3.99. The van der Waals surface area contributed by atoms with Gasteiger partial charge in [0, 0.05) is 18.7 Å². The van der Waals surface area contributed by atoms with Gasteiger partial charge in [-0.15, -0.1) is 5.10 Å². The molecule has 1 fully saturated rings. The van der Waals surface area contributed by atoms with Crippen molar-refractivity contribution in [3.8, 4) is 11.5 Å². The van der Waals surface area contributed by atoms with E-state index in [2.05, 4.69) is 12.0 Å². The zero-order valence-electron chi connectivity index (χ0n) is 12.9. The normalized spacial score (nSPS) is 18.2. The fourth-order valence-electron chi connectivity index (χ4n) is 2.76. The molecule has 6 nitrogen and oxygen atoms in total. The van der Waals surface area contributed by atoms with Gasteiger partial charge in [0.2, 0.25) is 11.8 Å². The molecule has 1 aliphatic rings. The first-order valence-corrected chi connectivity index (χ1v) is 7.64. The van der Waals surface area contributed by atoms with E-state index in [1.807, 2.05) is 0 Å². The van der Waals surface area contributed by atoms with Gasteiger partial charge in [0.1, 0.15) is 12.4 Å². The molecule has 1 aliphatic heterocycles. The van der Waals surface area contributed by atoms with E-state index in [0.29, 0.717) is 24.6 Å². The van der Waals surface area contributed by atoms with E-state index in [-0.39, 0.29) is 24.2 Å². The van der Waals surface area contributed by atoms with Crippen molar-refractivity contribution in [2.24, 2.45) is 5.92 Å². The Bertz CT molecular complexity index is 751. The number of aromatic nitrogens is 2. The minimum absolute atomic E-state index is 0.0785. The molecule has 7 heteroatoms. The summed E-state index contributed by atoms with van der Waals surface area (Å²) >= 11 is 0. The maximum absolute atomic E-state index is 12.9. The number of hydrogen-bond donors (Lipinski definition) is 0. The molecule has 1 atom stereocenters. The molecular formula is C16H18FN3O3. The Labute approximate surface area is 132 Å². The summed E-state index contributed by atoms with van der Waals surface area (Å²) < 4.78 is 19.0. The highest BCUT2D eigenvalue weighted by Crippen LogP contribution is 2.17. The SMILES string of the molecule is C[C@H]1CCCN(C(=O)Cn2nc(-c3ccc(F)cc3)oc2=O)C1. The highest BCUT2D eigenvalue weighted by molar-refractivity contribution is 5.76. The first-order valence-electron chi connectivity index (χ1n) is 7.64. The quantitative estimate of drug-likeness (QED) is 0.866. The summed E-state index contributed by atoms with van der Waals surface area (Å²) in [5.41, 5.74) is 0.487. The number of benzene rings is 1. The number of nitrogens with zero attached hydrogens (tertiary/aromatic N) is 3. The van der Waals surface area contributed by atoms with Crippen LogP contribution in [0.5, 0.6) is 0 Å². The summed E-state index contributed by atoms with van der Waals surface area (Å²) in [6, 6.07) is 5.46. The lowest BCUT2D eigenvalue weighted by atomic mass is 10.0. The lowest BCUT2D eigenvalue weighted by Gasteiger charge is -2.30. The molecule has 122 valence electrons. The van der Waals surface area contributed by atoms with Crippen LogP contribution in [0.1, 0.15) is 19.8 Å². The number of hydrogen-bond acceptors (Lipinski definition) is 4. The molecule has 1 aromatic carbocycles. The molecule has 0 unspecified atom stereocenters. The second-order valence-electron chi connectivity index (χ2n) is 5.92. The van der Waals surface area contributed by atoms with Crippen LogP contribution in [0.4, 0.5) is 4.39 Å². The summed E-state index contributed by atoms with van der Waals surface area (Å²) in [5.74, 6) is -0.670. The smallest absolute Gasteiger partial charge is 0.388 e. The lowest BCUT2D eigenvalue weighted by molar-refractivity contribution is -0.133. The van der Waals surface area contributed by atoms with E-state index >= 15 is 0 Å². The monoisotopic (exact) mass is 319 g/mol. The second-order valence-corrected chi connectivity index (χ2v) is 5.92. The summed E-state index contributed by atoms with van der Waals surface area (Å²) in [7, 11) is 0. The zero-order chi connectivity index (χ0) is 16.4. The van der Waals surface area contributed by atoms with Crippen molar-refractivity contribution in [2.75, 3.05) is 13.1 Å². The molecular weight excluding hydrogens is 301 g/mol. The molecule has 0 spiro atoms. The number of carbonyl (C=O) groups excluding carboxylic acids is 1. The van der Waals surface area contributed by atoms with Gasteiger partial charge in [0.25, 0.3) is 0 Å². The third kappa shape index (κ3) is 3.49. The molecule has 1 amide bonds. The minimum atomic E-state index is -0.692. The number of amides is 1. The molecule has 23 heavy (non-hydrogen) atoms. The minimum Gasteiger partial charge on any atom is -0.388 e. The molecule has 0 aliphatic carbocycles. The van der Waals surface area contributed by atoms with Gasteiger partial charge in [-0.25, -0.2) is 9.18 Å². The van der Waals surface area contributed by atoms with E-state index in [9.17, 15) is 14.0 Å². The van der Waals surface area contributed by atoms with E-state index in [0.717, 1.165) is 17.5 Å². The van der Waals surface area contributed by atoms with Gasteiger partial charge in [0.15, 0.2) is 0 Å². The van der Waals surface area contributed by atoms with Crippen molar-refractivity contribution in [2.45, 2.75) is 26.3 Å². The van der Waals surface area contributed by atoms with Crippen LogP contribution in [0, 0.1) is 11.7 Å². The molecule has 2 heterocycles. The molecule has 0 bridgehead atoms. The van der Waals surface area contributed by atoms with Crippen LogP contribution in [0.3, 0.4) is 0 Å². The predicted molar refractivity (Wildman–Crippen MR) is 81.1 cm³/mol. The predicted octanol–water partition coefficient (Wildman–Crippen LogP) is 1.90. The summed E-state index contributed by atoms with van der Waals surface area (Å²) in [6.45, 7) is 3.38. The summed E-state index contributed by atoms with van der Waals surface area (Å²) in [4.78, 5) is 25.9. The molecule has 0 saturated carbocycles. The van der Waals surface area contributed by atoms with E-state index in [1.54, 1.807) is 4.90 Å². The summed E-state index contributed by atoms with van der Waals surface area (Å²) in [5, 5.41) is 4.03. The Morgan fingerprint density at radius 3 is 2.83 bits per heavy atom. The number of likely N-dealkylation sites (tertiary alicyclic amines) is 1. The topological polar surface area (TPSA) is 68.3 Å². The highest BCUT2D eigenvalue weighted by atomic mass is 19.1. The van der Waals surface area contributed by atoms with E-state index in [1.165, 1.54) is 24.3 Å². The fraction of sp³-hybridized carbons (Fsp3) is 0.438. The van der Waals surface area contributed by atoms with Crippen molar-refractivity contribution in [3.63, 3.8) is 0 Å². The highest BCUT2D eigenvalue weighted by Gasteiger charge is 2.22. The first kappa shape index (κ1) is 15.5.